The van der Waals surface area contributed by atoms with E-state index in [-0.39, 0.29) is 35.9 Å². The summed E-state index contributed by atoms with van der Waals surface area (Å²) in [5.41, 5.74) is 0.545. The molecule has 94 valence electrons. The van der Waals surface area contributed by atoms with E-state index < -0.39 is 0 Å². The highest BCUT2D eigenvalue weighted by atomic mass is 35.5. The Labute approximate surface area is 107 Å². The third-order valence-corrected chi connectivity index (χ3v) is 2.68. The first-order valence-electron chi connectivity index (χ1n) is 5.37. The van der Waals surface area contributed by atoms with Gasteiger partial charge in [0.1, 0.15) is 0 Å². The van der Waals surface area contributed by atoms with Crippen LogP contribution in [-0.4, -0.2) is 23.7 Å². The maximum Gasteiger partial charge on any atom is 0.0144 e. The van der Waals surface area contributed by atoms with E-state index in [1.165, 1.54) is 12.8 Å². The van der Waals surface area contributed by atoms with Crippen LogP contribution in [0.4, 0.5) is 0 Å². The average Bonchev–Trinajstić information content (AvgIpc) is 1.78. The first-order valence-corrected chi connectivity index (χ1v) is 5.37. The molecule has 0 saturated carbocycles. The number of halogens is 2. The minimum absolute atomic E-state index is 0. The van der Waals surface area contributed by atoms with E-state index in [1.807, 2.05) is 0 Å². The van der Waals surface area contributed by atoms with E-state index in [2.05, 4.69) is 45.3 Å². The molecule has 0 aliphatic carbocycles. The van der Waals surface area contributed by atoms with Crippen LogP contribution in [0.1, 0.15) is 47.5 Å². The highest BCUT2D eigenvalue weighted by Crippen LogP contribution is 2.28. The molecule has 1 rings (SSSR count). The molecule has 1 aliphatic rings. The average molecular weight is 257 g/mol. The number of hydrogen-bond acceptors (Lipinski definition) is 2. The zero-order valence-corrected chi connectivity index (χ0v) is 12.1. The predicted molar refractivity (Wildman–Crippen MR) is 72.5 cm³/mol. The van der Waals surface area contributed by atoms with Gasteiger partial charge in [-0.2, -0.15) is 0 Å². The van der Waals surface area contributed by atoms with Crippen LogP contribution in [0, 0.1) is 0 Å². The van der Waals surface area contributed by atoms with Gasteiger partial charge in [-0.05, 0) is 47.1 Å². The second-order valence-electron chi connectivity index (χ2n) is 5.56. The van der Waals surface area contributed by atoms with Crippen LogP contribution in [-0.2, 0) is 0 Å². The lowest BCUT2D eigenvalue weighted by molar-refractivity contribution is 0.147. The third kappa shape index (κ3) is 5.96. The van der Waals surface area contributed by atoms with Crippen molar-refractivity contribution in [3.05, 3.63) is 0 Å². The molecular weight excluding hydrogens is 231 g/mol. The van der Waals surface area contributed by atoms with Gasteiger partial charge in [0, 0.05) is 17.1 Å². The van der Waals surface area contributed by atoms with E-state index in [0.29, 0.717) is 6.04 Å². The van der Waals surface area contributed by atoms with E-state index in [4.69, 9.17) is 0 Å². The van der Waals surface area contributed by atoms with Gasteiger partial charge in [0.05, 0.1) is 0 Å². The Morgan fingerprint density at radius 2 is 1.47 bits per heavy atom. The van der Waals surface area contributed by atoms with Crippen molar-refractivity contribution in [3.8, 4) is 0 Å². The van der Waals surface area contributed by atoms with Gasteiger partial charge in [0.2, 0.25) is 0 Å². The molecule has 0 bridgehead atoms. The number of piperidine rings is 1. The summed E-state index contributed by atoms with van der Waals surface area (Å²) in [6.45, 7) is 12.4. The van der Waals surface area contributed by atoms with Crippen LogP contribution in [0.15, 0.2) is 0 Å². The molecule has 2 N–H and O–H groups in total. The molecule has 0 aromatic heterocycles. The van der Waals surface area contributed by atoms with Gasteiger partial charge in [0.25, 0.3) is 0 Å². The molecule has 0 atom stereocenters. The Bertz CT molecular complexity index is 165. The molecule has 0 amide bonds. The molecular formula is C11H26Cl2N2. The second kappa shape index (κ2) is 6.29. The summed E-state index contributed by atoms with van der Waals surface area (Å²) < 4.78 is 0. The topological polar surface area (TPSA) is 24.1 Å². The Balaban J connectivity index is 0. The molecule has 0 aromatic rings. The van der Waals surface area contributed by atoms with E-state index in [0.717, 1.165) is 6.54 Å². The molecule has 2 nitrogen and oxygen atoms in total. The van der Waals surface area contributed by atoms with Crippen LogP contribution in [0.2, 0.25) is 0 Å². The van der Waals surface area contributed by atoms with Crippen molar-refractivity contribution >= 4 is 24.8 Å². The molecule has 0 unspecified atom stereocenters. The lowest BCUT2D eigenvalue weighted by Crippen LogP contribution is -2.61. The predicted octanol–water partition coefficient (Wildman–Crippen LogP) is 2.75. The highest BCUT2D eigenvalue weighted by Gasteiger charge is 2.36. The zero-order valence-electron chi connectivity index (χ0n) is 10.5. The number of rotatable bonds is 2. The van der Waals surface area contributed by atoms with Crippen LogP contribution >= 0.6 is 24.8 Å². The molecule has 1 fully saturated rings. The molecule has 4 heteroatoms. The van der Waals surface area contributed by atoms with Crippen molar-refractivity contribution < 1.29 is 0 Å². The van der Waals surface area contributed by atoms with Crippen LogP contribution in [0.3, 0.4) is 0 Å². The van der Waals surface area contributed by atoms with Gasteiger partial charge >= 0.3 is 0 Å². The minimum Gasteiger partial charge on any atom is -0.314 e. The maximum absolute atomic E-state index is 3.68. The van der Waals surface area contributed by atoms with Crippen molar-refractivity contribution in [1.82, 2.24) is 10.6 Å². The maximum atomic E-state index is 3.68. The lowest BCUT2D eigenvalue weighted by atomic mass is 9.79. The van der Waals surface area contributed by atoms with Crippen molar-refractivity contribution in [1.29, 1.82) is 0 Å². The summed E-state index contributed by atoms with van der Waals surface area (Å²) in [6, 6.07) is 0.677. The van der Waals surface area contributed by atoms with Gasteiger partial charge in [-0.1, -0.05) is 6.92 Å². The Morgan fingerprint density at radius 1 is 1.07 bits per heavy atom. The summed E-state index contributed by atoms with van der Waals surface area (Å²) >= 11 is 0. The first kappa shape index (κ1) is 17.9. The summed E-state index contributed by atoms with van der Waals surface area (Å²) in [6.07, 6.45) is 2.45. The Morgan fingerprint density at radius 3 is 1.80 bits per heavy atom. The molecule has 0 aromatic carbocycles. The minimum atomic E-state index is 0. The standard InChI is InChI=1S/C11H24N2.2ClH/c1-6-12-9-7-10(2,3)13-11(4,5)8-9;;/h9,12-13H,6-8H2,1-5H3;2*1H. The van der Waals surface area contributed by atoms with Gasteiger partial charge < -0.3 is 10.6 Å². The van der Waals surface area contributed by atoms with Crippen molar-refractivity contribution in [2.45, 2.75) is 64.6 Å². The van der Waals surface area contributed by atoms with Crippen molar-refractivity contribution in [2.75, 3.05) is 6.54 Å². The quantitative estimate of drug-likeness (QED) is 0.794. The Hall–Kier alpha value is 0.500. The molecule has 0 spiro atoms. The van der Waals surface area contributed by atoms with Crippen LogP contribution in [0.5, 0.6) is 0 Å². The molecule has 1 heterocycles. The van der Waals surface area contributed by atoms with Gasteiger partial charge in [-0.15, -0.1) is 24.8 Å². The summed E-state index contributed by atoms with van der Waals surface area (Å²) in [5.74, 6) is 0. The fourth-order valence-corrected chi connectivity index (χ4v) is 2.76. The second-order valence-corrected chi connectivity index (χ2v) is 5.56. The van der Waals surface area contributed by atoms with E-state index in [9.17, 15) is 0 Å². The van der Waals surface area contributed by atoms with Gasteiger partial charge in [0.15, 0.2) is 0 Å². The van der Waals surface area contributed by atoms with Crippen molar-refractivity contribution in [2.24, 2.45) is 0 Å². The summed E-state index contributed by atoms with van der Waals surface area (Å²) in [7, 11) is 0. The number of nitrogens with one attached hydrogen (secondary N) is 2. The third-order valence-electron chi connectivity index (χ3n) is 2.68. The molecule has 1 aliphatic heterocycles. The Kier molecular flexibility index (Phi) is 7.50. The lowest BCUT2D eigenvalue weighted by Gasteiger charge is -2.46. The summed E-state index contributed by atoms with van der Waals surface area (Å²) in [4.78, 5) is 0. The monoisotopic (exact) mass is 256 g/mol. The van der Waals surface area contributed by atoms with Crippen LogP contribution < -0.4 is 10.6 Å². The fourth-order valence-electron chi connectivity index (χ4n) is 2.76. The molecule has 1 saturated heterocycles. The number of hydrogen-bond donors (Lipinski definition) is 2. The van der Waals surface area contributed by atoms with Crippen molar-refractivity contribution in [3.63, 3.8) is 0 Å². The van der Waals surface area contributed by atoms with E-state index >= 15 is 0 Å². The van der Waals surface area contributed by atoms with Crippen LogP contribution in [0.25, 0.3) is 0 Å². The SMILES string of the molecule is CCNC1CC(C)(C)NC(C)(C)C1.Cl.Cl. The smallest absolute Gasteiger partial charge is 0.0144 e. The van der Waals surface area contributed by atoms with Gasteiger partial charge in [-0.3, -0.25) is 0 Å². The molecule has 15 heavy (non-hydrogen) atoms. The molecule has 0 radical (unpaired) electrons. The fraction of sp³-hybridized carbons (Fsp3) is 1.00. The normalized spacial score (nSPS) is 23.8. The largest absolute Gasteiger partial charge is 0.314 e. The highest BCUT2D eigenvalue weighted by molar-refractivity contribution is 5.85. The first-order chi connectivity index (χ1) is 5.85. The zero-order chi connectivity index (χ0) is 10.1. The van der Waals surface area contributed by atoms with Gasteiger partial charge in [-0.25, -0.2) is 0 Å². The van der Waals surface area contributed by atoms with E-state index in [1.54, 1.807) is 0 Å². The summed E-state index contributed by atoms with van der Waals surface area (Å²) in [5, 5.41) is 7.24.